The zero-order chi connectivity index (χ0) is 12.0. The molecule has 2 bridgehead atoms. The van der Waals surface area contributed by atoms with Crippen LogP contribution in [0, 0.1) is 16.7 Å². The number of hydrogen-bond acceptors (Lipinski definition) is 3. The fourth-order valence-electron chi connectivity index (χ4n) is 3.47. The maximum atomic E-state index is 11.2. The summed E-state index contributed by atoms with van der Waals surface area (Å²) < 4.78 is 37.0. The van der Waals surface area contributed by atoms with Gasteiger partial charge in [-0.3, -0.25) is 4.55 Å². The van der Waals surface area contributed by atoms with Gasteiger partial charge in [-0.15, -0.1) is 0 Å². The predicted octanol–water partition coefficient (Wildman–Crippen LogP) is 1.72. The van der Waals surface area contributed by atoms with Crippen molar-refractivity contribution in [2.45, 2.75) is 33.1 Å². The van der Waals surface area contributed by atoms with Gasteiger partial charge in [-0.1, -0.05) is 13.8 Å². The van der Waals surface area contributed by atoms with Crippen molar-refractivity contribution in [3.63, 3.8) is 0 Å². The molecule has 0 spiro atoms. The minimum atomic E-state index is -3.93. The van der Waals surface area contributed by atoms with Gasteiger partial charge in [0.15, 0.2) is 0 Å². The highest BCUT2D eigenvalue weighted by atomic mass is 32.2. The normalized spacial score (nSPS) is 38.3. The van der Waals surface area contributed by atoms with Gasteiger partial charge in [-0.2, -0.15) is 8.42 Å². The Kier molecular flexibility index (Phi) is 2.84. The zero-order valence-corrected chi connectivity index (χ0v) is 10.7. The molecule has 16 heavy (non-hydrogen) atoms. The first-order valence-corrected chi connectivity index (χ1v) is 7.41. The highest BCUT2D eigenvalue weighted by Gasteiger charge is 2.56. The van der Waals surface area contributed by atoms with E-state index in [1.165, 1.54) is 0 Å². The van der Waals surface area contributed by atoms with Crippen LogP contribution >= 0.6 is 0 Å². The molecule has 1 aliphatic heterocycles. The van der Waals surface area contributed by atoms with E-state index < -0.39 is 15.5 Å². The molecule has 0 amide bonds. The summed E-state index contributed by atoms with van der Waals surface area (Å²) in [6, 6.07) is 0. The largest absolute Gasteiger partial charge is 0.381 e. The Bertz CT molecular complexity index is 373. The molecule has 0 aromatic rings. The van der Waals surface area contributed by atoms with E-state index in [0.29, 0.717) is 19.1 Å². The van der Waals surface area contributed by atoms with E-state index in [0.717, 1.165) is 19.3 Å². The Hall–Kier alpha value is -0.130. The summed E-state index contributed by atoms with van der Waals surface area (Å²) >= 11 is 0. The first-order chi connectivity index (χ1) is 7.27. The minimum Gasteiger partial charge on any atom is -0.381 e. The summed E-state index contributed by atoms with van der Waals surface area (Å²) in [5.74, 6) is 0.348. The van der Waals surface area contributed by atoms with Gasteiger partial charge >= 0.3 is 0 Å². The van der Waals surface area contributed by atoms with Crippen LogP contribution < -0.4 is 0 Å². The van der Waals surface area contributed by atoms with Crippen LogP contribution in [0.25, 0.3) is 0 Å². The molecular formula is C11H20O4S. The van der Waals surface area contributed by atoms with Gasteiger partial charge in [-0.05, 0) is 30.6 Å². The third-order valence-corrected chi connectivity index (χ3v) is 5.72. The molecule has 0 radical (unpaired) electrons. The highest BCUT2D eigenvalue weighted by molar-refractivity contribution is 7.85. The molecular weight excluding hydrogens is 228 g/mol. The van der Waals surface area contributed by atoms with E-state index >= 15 is 0 Å². The summed E-state index contributed by atoms with van der Waals surface area (Å²) in [5.41, 5.74) is -0.471. The molecule has 1 heterocycles. The average Bonchev–Trinajstić information content (AvgIpc) is 2.20. The quantitative estimate of drug-likeness (QED) is 0.756. The smallest absolute Gasteiger partial charge is 0.265 e. The van der Waals surface area contributed by atoms with Crippen LogP contribution in [0.3, 0.4) is 0 Å². The second kappa shape index (κ2) is 3.68. The van der Waals surface area contributed by atoms with E-state index in [1.807, 2.05) is 0 Å². The van der Waals surface area contributed by atoms with Crippen molar-refractivity contribution >= 4 is 10.1 Å². The van der Waals surface area contributed by atoms with Crippen LogP contribution in [0.5, 0.6) is 0 Å². The monoisotopic (exact) mass is 248 g/mol. The summed E-state index contributed by atoms with van der Waals surface area (Å²) in [6.45, 7) is 5.40. The van der Waals surface area contributed by atoms with E-state index in [9.17, 15) is 8.42 Å². The van der Waals surface area contributed by atoms with Gasteiger partial charge < -0.3 is 4.74 Å². The van der Waals surface area contributed by atoms with Gasteiger partial charge in [0.25, 0.3) is 10.1 Å². The Balaban J connectivity index is 2.36. The lowest BCUT2D eigenvalue weighted by atomic mass is 9.66. The number of rotatable bonds is 2. The maximum absolute atomic E-state index is 11.2. The SMILES string of the molecule is CC1(C)C2CCOCC1(CS(=O)(=O)O)CC2. The van der Waals surface area contributed by atoms with Crippen molar-refractivity contribution in [3.8, 4) is 0 Å². The third-order valence-electron chi connectivity index (χ3n) is 4.81. The third kappa shape index (κ3) is 1.89. The fraction of sp³-hybridized carbons (Fsp3) is 1.00. The molecule has 2 fully saturated rings. The molecule has 0 aromatic carbocycles. The Morgan fingerprint density at radius 1 is 1.38 bits per heavy atom. The van der Waals surface area contributed by atoms with Crippen LogP contribution in [-0.4, -0.2) is 31.9 Å². The topological polar surface area (TPSA) is 63.6 Å². The maximum Gasteiger partial charge on any atom is 0.265 e. The number of fused-ring (bicyclic) bond motifs is 2. The predicted molar refractivity (Wildman–Crippen MR) is 60.8 cm³/mol. The zero-order valence-electron chi connectivity index (χ0n) is 9.90. The van der Waals surface area contributed by atoms with Gasteiger partial charge in [0, 0.05) is 12.0 Å². The molecule has 2 unspecified atom stereocenters. The van der Waals surface area contributed by atoms with Crippen molar-refractivity contribution < 1.29 is 17.7 Å². The van der Waals surface area contributed by atoms with Crippen molar-refractivity contribution in [1.29, 1.82) is 0 Å². The van der Waals surface area contributed by atoms with E-state index in [2.05, 4.69) is 13.8 Å². The van der Waals surface area contributed by atoms with Crippen molar-refractivity contribution in [2.24, 2.45) is 16.7 Å². The lowest BCUT2D eigenvalue weighted by Crippen LogP contribution is -2.43. The first-order valence-electron chi connectivity index (χ1n) is 5.80. The fourth-order valence-corrected chi connectivity index (χ4v) is 4.77. The standard InChI is InChI=1S/C11H20O4S/c1-10(2)9-3-5-11(10,7-15-6-4-9)8-16(12,13)14/h9H,3-8H2,1-2H3,(H,12,13,14). The van der Waals surface area contributed by atoms with Crippen LogP contribution in [0.2, 0.25) is 0 Å². The summed E-state index contributed by atoms with van der Waals surface area (Å²) in [4.78, 5) is 0. The Labute approximate surface area is 97.1 Å². The van der Waals surface area contributed by atoms with Crippen LogP contribution in [0.4, 0.5) is 0 Å². The van der Waals surface area contributed by atoms with Gasteiger partial charge in [0.1, 0.15) is 0 Å². The second-order valence-corrected chi connectivity index (χ2v) is 7.26. The molecule has 94 valence electrons. The van der Waals surface area contributed by atoms with Gasteiger partial charge in [0.05, 0.1) is 12.4 Å². The highest BCUT2D eigenvalue weighted by Crippen LogP contribution is 2.59. The number of ether oxygens (including phenoxy) is 1. The number of hydrogen-bond donors (Lipinski definition) is 1. The molecule has 5 heteroatoms. The molecule has 1 saturated heterocycles. The minimum absolute atomic E-state index is 0.0701. The summed E-state index contributed by atoms with van der Waals surface area (Å²) in [6.07, 6.45) is 2.89. The van der Waals surface area contributed by atoms with Crippen molar-refractivity contribution in [2.75, 3.05) is 19.0 Å². The van der Waals surface area contributed by atoms with E-state index in [4.69, 9.17) is 9.29 Å². The lowest BCUT2D eigenvalue weighted by Gasteiger charge is -2.41. The van der Waals surface area contributed by atoms with Crippen LogP contribution in [0.1, 0.15) is 33.1 Å². The van der Waals surface area contributed by atoms with Crippen LogP contribution in [-0.2, 0) is 14.9 Å². The van der Waals surface area contributed by atoms with Gasteiger partial charge in [0.2, 0.25) is 0 Å². The molecule has 2 atom stereocenters. The molecule has 1 N–H and O–H groups in total. The van der Waals surface area contributed by atoms with Crippen LogP contribution in [0.15, 0.2) is 0 Å². The average molecular weight is 248 g/mol. The van der Waals surface area contributed by atoms with E-state index in [-0.39, 0.29) is 11.2 Å². The molecule has 2 rings (SSSR count). The van der Waals surface area contributed by atoms with Crippen molar-refractivity contribution in [1.82, 2.24) is 0 Å². The summed E-state index contributed by atoms with van der Waals surface area (Å²) in [7, 11) is -3.93. The molecule has 0 aromatic heterocycles. The van der Waals surface area contributed by atoms with Crippen molar-refractivity contribution in [3.05, 3.63) is 0 Å². The van der Waals surface area contributed by atoms with Gasteiger partial charge in [-0.25, -0.2) is 0 Å². The Morgan fingerprint density at radius 3 is 2.69 bits per heavy atom. The first kappa shape index (κ1) is 12.3. The second-order valence-electron chi connectivity index (χ2n) is 5.81. The molecule has 2 aliphatic rings. The molecule has 1 aliphatic carbocycles. The lowest BCUT2D eigenvalue weighted by molar-refractivity contribution is 0.0211. The summed E-state index contributed by atoms with van der Waals surface area (Å²) in [5, 5.41) is 0. The Morgan fingerprint density at radius 2 is 2.06 bits per heavy atom. The molecule has 1 saturated carbocycles. The van der Waals surface area contributed by atoms with E-state index in [1.54, 1.807) is 0 Å². The molecule has 4 nitrogen and oxygen atoms in total.